The van der Waals surface area contributed by atoms with E-state index in [4.69, 9.17) is 0 Å². The lowest BCUT2D eigenvalue weighted by Gasteiger charge is -2.14. The highest BCUT2D eigenvalue weighted by Crippen LogP contribution is 2.16. The van der Waals surface area contributed by atoms with Gasteiger partial charge in [0.25, 0.3) is 0 Å². The van der Waals surface area contributed by atoms with Gasteiger partial charge in [0.15, 0.2) is 0 Å². The predicted molar refractivity (Wildman–Crippen MR) is 74.5 cm³/mol. The highest BCUT2D eigenvalue weighted by Gasteiger charge is 2.20. The number of rotatable bonds is 3. The molecule has 0 radical (unpaired) electrons. The van der Waals surface area contributed by atoms with E-state index in [1.807, 2.05) is 26.8 Å². The molecule has 0 aliphatic heterocycles. The van der Waals surface area contributed by atoms with Crippen LogP contribution in [-0.4, -0.2) is 21.3 Å². The molecule has 0 amide bonds. The SMILES string of the molecule is CC(C)(C)[S@](=O)N=C(CF)c1cccc(Br)c1. The maximum absolute atomic E-state index is 12.9. The van der Waals surface area contributed by atoms with Gasteiger partial charge in [0.1, 0.15) is 17.7 Å². The van der Waals surface area contributed by atoms with E-state index in [1.165, 1.54) is 0 Å². The van der Waals surface area contributed by atoms with Gasteiger partial charge in [-0.1, -0.05) is 28.1 Å². The summed E-state index contributed by atoms with van der Waals surface area (Å²) in [5, 5.41) is 0. The summed E-state index contributed by atoms with van der Waals surface area (Å²) in [6.07, 6.45) is 0. The predicted octanol–water partition coefficient (Wildman–Crippen LogP) is 3.67. The van der Waals surface area contributed by atoms with Crippen LogP contribution in [0.3, 0.4) is 0 Å². The van der Waals surface area contributed by atoms with Crippen LogP contribution in [0.1, 0.15) is 26.3 Å². The smallest absolute Gasteiger partial charge is 0.145 e. The summed E-state index contributed by atoms with van der Waals surface area (Å²) in [4.78, 5) is 0. The van der Waals surface area contributed by atoms with Crippen LogP contribution in [0.4, 0.5) is 4.39 Å². The van der Waals surface area contributed by atoms with Crippen molar-refractivity contribution in [2.75, 3.05) is 6.67 Å². The van der Waals surface area contributed by atoms with E-state index in [0.29, 0.717) is 5.56 Å². The molecule has 5 heteroatoms. The monoisotopic (exact) mass is 319 g/mol. The van der Waals surface area contributed by atoms with Gasteiger partial charge in [0, 0.05) is 10.0 Å². The molecule has 0 aliphatic carbocycles. The lowest BCUT2D eigenvalue weighted by Crippen LogP contribution is -2.21. The van der Waals surface area contributed by atoms with Crippen LogP contribution in [0.25, 0.3) is 0 Å². The van der Waals surface area contributed by atoms with E-state index < -0.39 is 22.4 Å². The summed E-state index contributed by atoms with van der Waals surface area (Å²) in [7, 11) is -1.44. The van der Waals surface area contributed by atoms with Crippen molar-refractivity contribution >= 4 is 32.6 Å². The second-order valence-electron chi connectivity index (χ2n) is 4.54. The fourth-order valence-electron chi connectivity index (χ4n) is 1.06. The van der Waals surface area contributed by atoms with Crippen molar-refractivity contribution in [2.24, 2.45) is 4.40 Å². The fourth-order valence-corrected chi connectivity index (χ4v) is 2.09. The molecular weight excluding hydrogens is 305 g/mol. The lowest BCUT2D eigenvalue weighted by molar-refractivity contribution is 0.581. The van der Waals surface area contributed by atoms with Crippen LogP contribution in [0.2, 0.25) is 0 Å². The van der Waals surface area contributed by atoms with Crippen LogP contribution < -0.4 is 0 Å². The highest BCUT2D eigenvalue weighted by molar-refractivity contribution is 9.10. The first-order chi connectivity index (χ1) is 7.84. The van der Waals surface area contributed by atoms with E-state index in [1.54, 1.807) is 18.2 Å². The third-order valence-corrected chi connectivity index (χ3v) is 3.93. The van der Waals surface area contributed by atoms with Crippen molar-refractivity contribution in [3.05, 3.63) is 34.3 Å². The average Bonchev–Trinajstić information content (AvgIpc) is 2.24. The quantitative estimate of drug-likeness (QED) is 0.781. The molecule has 0 spiro atoms. The summed E-state index contributed by atoms with van der Waals surface area (Å²) >= 11 is 3.31. The van der Waals surface area contributed by atoms with Gasteiger partial charge >= 0.3 is 0 Å². The van der Waals surface area contributed by atoms with E-state index in [-0.39, 0.29) is 5.71 Å². The molecule has 1 aromatic carbocycles. The number of hydrogen-bond donors (Lipinski definition) is 0. The number of halogens is 2. The molecule has 1 atom stereocenters. The molecule has 0 heterocycles. The zero-order chi connectivity index (χ0) is 13.1. The second kappa shape index (κ2) is 5.87. The lowest BCUT2D eigenvalue weighted by atomic mass is 10.1. The van der Waals surface area contributed by atoms with E-state index in [0.717, 1.165) is 4.47 Å². The molecule has 0 bridgehead atoms. The largest absolute Gasteiger partial charge is 0.244 e. The first-order valence-electron chi connectivity index (χ1n) is 5.16. The van der Waals surface area contributed by atoms with Crippen LogP contribution >= 0.6 is 15.9 Å². The van der Waals surface area contributed by atoms with Crippen LogP contribution in [0.15, 0.2) is 33.1 Å². The summed E-state index contributed by atoms with van der Waals surface area (Å²) < 4.78 is 29.1. The molecule has 94 valence electrons. The van der Waals surface area contributed by atoms with Gasteiger partial charge in [0.05, 0.1) is 10.5 Å². The number of hydrogen-bond acceptors (Lipinski definition) is 1. The molecule has 0 aromatic heterocycles. The minimum atomic E-state index is -1.44. The molecule has 0 saturated carbocycles. The molecule has 1 rings (SSSR count). The Morgan fingerprint density at radius 3 is 2.59 bits per heavy atom. The molecule has 17 heavy (non-hydrogen) atoms. The first-order valence-corrected chi connectivity index (χ1v) is 7.06. The van der Waals surface area contributed by atoms with Gasteiger partial charge < -0.3 is 0 Å². The van der Waals surface area contributed by atoms with Gasteiger partial charge in [-0.3, -0.25) is 0 Å². The Hall–Kier alpha value is -0.550. The summed E-state index contributed by atoms with van der Waals surface area (Å²) in [5.74, 6) is 0. The van der Waals surface area contributed by atoms with Gasteiger partial charge in [-0.05, 0) is 32.9 Å². The minimum Gasteiger partial charge on any atom is -0.244 e. The van der Waals surface area contributed by atoms with Crippen molar-refractivity contribution in [1.29, 1.82) is 0 Å². The van der Waals surface area contributed by atoms with Gasteiger partial charge in [0.2, 0.25) is 0 Å². The van der Waals surface area contributed by atoms with E-state index in [9.17, 15) is 8.60 Å². The van der Waals surface area contributed by atoms with Crippen molar-refractivity contribution in [3.8, 4) is 0 Å². The van der Waals surface area contributed by atoms with Gasteiger partial charge in [-0.2, -0.15) is 4.40 Å². The van der Waals surface area contributed by atoms with Gasteiger partial charge in [-0.25, -0.2) is 8.60 Å². The standard InChI is InChI=1S/C12H15BrFNOS/c1-12(2,3)17(16)15-11(8-14)9-5-4-6-10(13)7-9/h4-7H,8H2,1-3H3/t17-/m0/s1. The van der Waals surface area contributed by atoms with Crippen LogP contribution in [0, 0.1) is 0 Å². The maximum atomic E-state index is 12.9. The Morgan fingerprint density at radius 2 is 2.12 bits per heavy atom. The minimum absolute atomic E-state index is 0.222. The molecule has 0 N–H and O–H groups in total. The van der Waals surface area contributed by atoms with Crippen LogP contribution in [-0.2, 0) is 11.0 Å². The normalized spacial score (nSPS) is 14.8. The summed E-state index contributed by atoms with van der Waals surface area (Å²) in [5.41, 5.74) is 0.874. The number of nitrogens with zero attached hydrogens (tertiary/aromatic N) is 1. The Balaban J connectivity index is 3.08. The topological polar surface area (TPSA) is 29.4 Å². The van der Waals surface area contributed by atoms with Crippen molar-refractivity contribution < 1.29 is 8.60 Å². The average molecular weight is 320 g/mol. The molecule has 0 fully saturated rings. The Kier molecular flexibility index (Phi) is 5.01. The fraction of sp³-hybridized carbons (Fsp3) is 0.417. The third-order valence-electron chi connectivity index (χ3n) is 2.00. The molecular formula is C12H15BrFNOS. The molecule has 0 unspecified atom stereocenters. The first kappa shape index (κ1) is 14.5. The number of benzene rings is 1. The van der Waals surface area contributed by atoms with Crippen LogP contribution in [0.5, 0.6) is 0 Å². The van der Waals surface area contributed by atoms with E-state index >= 15 is 0 Å². The van der Waals surface area contributed by atoms with Crippen molar-refractivity contribution in [1.82, 2.24) is 0 Å². The molecule has 2 nitrogen and oxygen atoms in total. The zero-order valence-corrected chi connectivity index (χ0v) is 12.4. The highest BCUT2D eigenvalue weighted by atomic mass is 79.9. The Labute approximate surface area is 112 Å². The summed E-state index contributed by atoms with van der Waals surface area (Å²) in [6.45, 7) is 4.70. The third kappa shape index (κ3) is 4.32. The zero-order valence-electron chi connectivity index (χ0n) is 10.0. The van der Waals surface area contributed by atoms with Crippen molar-refractivity contribution in [2.45, 2.75) is 25.5 Å². The van der Waals surface area contributed by atoms with Crippen molar-refractivity contribution in [3.63, 3.8) is 0 Å². The maximum Gasteiger partial charge on any atom is 0.145 e. The van der Waals surface area contributed by atoms with Gasteiger partial charge in [-0.15, -0.1) is 0 Å². The second-order valence-corrected chi connectivity index (χ2v) is 7.36. The Morgan fingerprint density at radius 1 is 1.47 bits per heavy atom. The molecule has 1 aromatic rings. The molecule has 0 saturated heterocycles. The number of alkyl halides is 1. The van der Waals surface area contributed by atoms with E-state index in [2.05, 4.69) is 20.3 Å². The summed E-state index contributed by atoms with van der Waals surface area (Å²) in [6, 6.07) is 7.16. The molecule has 0 aliphatic rings. The Bertz CT molecular complexity index is 454.